The average molecular weight is 1070 g/mol. The van der Waals surface area contributed by atoms with E-state index in [0.29, 0.717) is 30.8 Å². The Hall–Kier alpha value is -0.960. The van der Waals surface area contributed by atoms with Crippen LogP contribution in [0.15, 0.2) is 0 Å². The maximum atomic E-state index is 12.1. The molecular weight excluding hydrogens is 985 g/mol. The Balaban J connectivity index is 0.834. The second kappa shape index (κ2) is 21.5. The van der Waals surface area contributed by atoms with Gasteiger partial charge in [-0.25, -0.2) is 0 Å². The van der Waals surface area contributed by atoms with Crippen LogP contribution in [0.2, 0.25) is 0 Å². The summed E-state index contributed by atoms with van der Waals surface area (Å²) < 4.78 is 60.9. The summed E-state index contributed by atoms with van der Waals surface area (Å²) in [5.74, 6) is 0.989. The van der Waals surface area contributed by atoms with E-state index >= 15 is 0 Å². The number of aliphatic hydroxyl groups excluding tert-OH is 14. The summed E-state index contributed by atoms with van der Waals surface area (Å²) >= 11 is 0. The minimum absolute atomic E-state index is 0.00497. The van der Waals surface area contributed by atoms with Crippen molar-refractivity contribution in [1.82, 2.24) is 0 Å². The van der Waals surface area contributed by atoms with Crippen molar-refractivity contribution in [3.63, 3.8) is 0 Å². The third kappa shape index (κ3) is 9.45. The summed E-state index contributed by atoms with van der Waals surface area (Å²) in [6.45, 7) is 6.60. The van der Waals surface area contributed by atoms with E-state index < -0.39 is 173 Å². The molecule has 0 aromatic carbocycles. The molecule has 10 rings (SSSR count). The molecule has 4 saturated carbocycles. The van der Waals surface area contributed by atoms with Gasteiger partial charge in [0.05, 0.1) is 57.5 Å². The van der Waals surface area contributed by atoms with Crippen molar-refractivity contribution < 1.29 is 119 Å². The van der Waals surface area contributed by atoms with E-state index in [1.165, 1.54) is 0 Å². The van der Waals surface area contributed by atoms with Gasteiger partial charge >= 0.3 is 0 Å². The van der Waals surface area contributed by atoms with E-state index in [-0.39, 0.29) is 48.0 Å². The second-order valence-electron chi connectivity index (χ2n) is 24.2. The molecule has 33 atom stereocenters. The highest BCUT2D eigenvalue weighted by Gasteiger charge is 2.70. The van der Waals surface area contributed by atoms with Gasteiger partial charge in [0, 0.05) is 12.3 Å². The lowest BCUT2D eigenvalue weighted by Gasteiger charge is -2.63. The van der Waals surface area contributed by atoms with Crippen molar-refractivity contribution in [3.05, 3.63) is 0 Å². The minimum atomic E-state index is -2.04. The minimum Gasteiger partial charge on any atom is -0.394 e. The van der Waals surface area contributed by atoms with E-state index in [0.717, 1.165) is 32.1 Å². The van der Waals surface area contributed by atoms with Crippen molar-refractivity contribution >= 4 is 0 Å². The standard InChI is InChI=1S/C50H82O24/c1-18-5-8-50(66-16-18)19(2)32-28(74-50)10-22-20-9-24(54)23-11-27(25(55)12-49(23,4)21(20)6-7-48(22,32)3)67-45-40(64)37(61)41(31(15-53)70-45)71-47-43(73-46-39(63)36(60)34(58)29(13-51)68-46)42(35(59)30(14-52)69-47)72-44-38(62)33(57)26(56)17-65-44/h18-47,51-64H,5-17H2,1-4H3/t18-,19-,20+,21-,22-,23+,24+,25+,26+,27+,28-,29+,30+,31+,32-,33-,34+,35+,36-,37+,38+,39+,40+,41-,42-,43+,44-,45+,46-,47-,48-,49+,50+/m0/s1. The van der Waals surface area contributed by atoms with Gasteiger partial charge in [0.15, 0.2) is 30.9 Å². The predicted octanol–water partition coefficient (Wildman–Crippen LogP) is -4.33. The lowest BCUT2D eigenvalue weighted by molar-refractivity contribution is -0.404. The quantitative estimate of drug-likeness (QED) is 0.0870. The maximum Gasteiger partial charge on any atom is 0.187 e. The molecule has 0 unspecified atom stereocenters. The van der Waals surface area contributed by atoms with Crippen molar-refractivity contribution in [1.29, 1.82) is 0 Å². The lowest BCUT2D eigenvalue weighted by Crippen LogP contribution is -2.68. The maximum absolute atomic E-state index is 12.1. The number of hydrogen-bond donors (Lipinski definition) is 14. The first kappa shape index (κ1) is 56.3. The number of hydrogen-bond acceptors (Lipinski definition) is 24. The highest BCUT2D eigenvalue weighted by Crippen LogP contribution is 2.71. The topological polar surface area (TPSA) is 376 Å². The molecule has 1 spiro atoms. The van der Waals surface area contributed by atoms with Crippen LogP contribution in [0.3, 0.4) is 0 Å². The molecule has 10 aliphatic rings. The zero-order valence-corrected chi connectivity index (χ0v) is 42.4. The molecule has 426 valence electrons. The van der Waals surface area contributed by atoms with Crippen LogP contribution in [-0.4, -0.2) is 251 Å². The van der Waals surface area contributed by atoms with E-state index in [1.54, 1.807) is 0 Å². The van der Waals surface area contributed by atoms with Crippen LogP contribution in [-0.2, 0) is 47.4 Å². The first-order valence-corrected chi connectivity index (χ1v) is 26.9. The molecular formula is C50H82O24. The van der Waals surface area contributed by atoms with Crippen LogP contribution in [0, 0.1) is 52.3 Å². The fourth-order valence-electron chi connectivity index (χ4n) is 16.0. The fourth-order valence-corrected chi connectivity index (χ4v) is 16.0. The highest BCUT2D eigenvalue weighted by molar-refractivity contribution is 5.17. The van der Waals surface area contributed by atoms with Gasteiger partial charge in [-0.2, -0.15) is 0 Å². The third-order valence-electron chi connectivity index (χ3n) is 20.0. The van der Waals surface area contributed by atoms with Gasteiger partial charge in [-0.05, 0) is 91.3 Å². The molecule has 10 fully saturated rings. The van der Waals surface area contributed by atoms with E-state index in [2.05, 4.69) is 27.7 Å². The largest absolute Gasteiger partial charge is 0.394 e. The first-order valence-electron chi connectivity index (χ1n) is 26.9. The summed E-state index contributed by atoms with van der Waals surface area (Å²) in [4.78, 5) is 0. The summed E-state index contributed by atoms with van der Waals surface area (Å²) in [6, 6.07) is 0. The summed E-state index contributed by atoms with van der Waals surface area (Å²) in [5.41, 5.74) is -0.460. The Morgan fingerprint density at radius 1 is 0.500 bits per heavy atom. The molecule has 6 aliphatic heterocycles. The second-order valence-corrected chi connectivity index (χ2v) is 24.2. The smallest absolute Gasteiger partial charge is 0.187 e. The van der Waals surface area contributed by atoms with Crippen LogP contribution in [0.1, 0.15) is 79.1 Å². The van der Waals surface area contributed by atoms with Crippen LogP contribution in [0.25, 0.3) is 0 Å². The zero-order valence-electron chi connectivity index (χ0n) is 42.4. The van der Waals surface area contributed by atoms with Gasteiger partial charge in [-0.3, -0.25) is 0 Å². The molecule has 0 aromatic heterocycles. The van der Waals surface area contributed by atoms with Crippen LogP contribution in [0.4, 0.5) is 0 Å². The molecule has 6 saturated heterocycles. The molecule has 24 heteroatoms. The van der Waals surface area contributed by atoms with Gasteiger partial charge in [-0.15, -0.1) is 0 Å². The van der Waals surface area contributed by atoms with Crippen molar-refractivity contribution in [3.8, 4) is 0 Å². The summed E-state index contributed by atoms with van der Waals surface area (Å²) in [7, 11) is 0. The molecule has 4 aliphatic carbocycles. The summed E-state index contributed by atoms with van der Waals surface area (Å²) in [5, 5.41) is 153. The average Bonchev–Trinajstić information content (AvgIpc) is 3.82. The van der Waals surface area contributed by atoms with Gasteiger partial charge < -0.3 is 119 Å². The van der Waals surface area contributed by atoms with Crippen molar-refractivity contribution in [2.75, 3.05) is 33.0 Å². The Kier molecular flexibility index (Phi) is 16.4. The molecule has 74 heavy (non-hydrogen) atoms. The number of rotatable bonds is 11. The van der Waals surface area contributed by atoms with Crippen LogP contribution < -0.4 is 0 Å². The predicted molar refractivity (Wildman–Crippen MR) is 245 cm³/mol. The molecule has 6 heterocycles. The fraction of sp³-hybridized carbons (Fsp3) is 1.00. The number of aliphatic hydroxyl groups is 14. The third-order valence-corrected chi connectivity index (χ3v) is 20.0. The van der Waals surface area contributed by atoms with Gasteiger partial charge in [0.1, 0.15) is 91.6 Å². The molecule has 24 nitrogen and oxygen atoms in total. The van der Waals surface area contributed by atoms with Gasteiger partial charge in [0.2, 0.25) is 0 Å². The molecule has 0 aromatic rings. The van der Waals surface area contributed by atoms with Crippen molar-refractivity contribution in [2.45, 2.75) is 226 Å². The van der Waals surface area contributed by atoms with Crippen LogP contribution in [0.5, 0.6) is 0 Å². The Morgan fingerprint density at radius 2 is 1.12 bits per heavy atom. The lowest BCUT2D eigenvalue weighted by atomic mass is 9.43. The SMILES string of the molecule is C[C@H]1CC[C@@]2(OC1)O[C@H]1C[C@H]3[C@@H]4C[C@@H](O)[C@H]5C[C@@H](O[C@@H]6O[C@H](CO)[C@H](O[C@@H]7O[C@H](CO)[C@@H](O)[C@H](O[C@@H]8OC[C@@H](O)[C@H](O)[C@H]8O)[C@H]7O[C@@H]7O[C@H](CO)[C@@H](O)[C@H](O)[C@H]7O)[C@H](O)[C@H]6O)[C@H](O)C[C@]5(C)[C@H]4CC[C@]3(C)[C@H]1[C@@H]2C. The Morgan fingerprint density at radius 3 is 1.81 bits per heavy atom. The van der Waals surface area contributed by atoms with E-state index in [9.17, 15) is 71.5 Å². The monoisotopic (exact) mass is 1070 g/mol. The molecule has 14 N–H and O–H groups in total. The Bertz CT molecular complexity index is 1900. The number of fused-ring (bicyclic) bond motifs is 7. The zero-order chi connectivity index (χ0) is 53.1. The van der Waals surface area contributed by atoms with Gasteiger partial charge in [-0.1, -0.05) is 27.7 Å². The first-order chi connectivity index (χ1) is 35.1. The van der Waals surface area contributed by atoms with E-state index in [4.69, 9.17) is 47.4 Å². The molecule has 0 bridgehead atoms. The normalized spacial score (nSPS) is 58.6. The summed E-state index contributed by atoms with van der Waals surface area (Å²) in [6.07, 6.45) is -31.1. The van der Waals surface area contributed by atoms with E-state index in [1.807, 2.05) is 0 Å². The number of ether oxygens (including phenoxy) is 10. The Labute approximate surface area is 429 Å². The van der Waals surface area contributed by atoms with Gasteiger partial charge in [0.25, 0.3) is 0 Å². The van der Waals surface area contributed by atoms with Crippen LogP contribution >= 0.6 is 0 Å². The van der Waals surface area contributed by atoms with Crippen molar-refractivity contribution in [2.24, 2.45) is 52.3 Å². The highest BCUT2D eigenvalue weighted by atomic mass is 16.8. The molecule has 0 amide bonds. The molecule has 0 radical (unpaired) electrons.